The summed E-state index contributed by atoms with van der Waals surface area (Å²) in [7, 11) is 0. The minimum absolute atomic E-state index is 0.765. The highest BCUT2D eigenvalue weighted by atomic mass is 16.5. The minimum atomic E-state index is 0.765. The van der Waals surface area contributed by atoms with Crippen LogP contribution in [0.3, 0.4) is 0 Å². The van der Waals surface area contributed by atoms with E-state index in [0.29, 0.717) is 0 Å². The molecule has 1 fully saturated rings. The predicted molar refractivity (Wildman–Crippen MR) is 42.0 cm³/mol. The molecule has 0 aliphatic carbocycles. The largest absolute Gasteiger partial charge is 0.381 e. The average Bonchev–Trinajstić information content (AvgIpc) is 1.75. The molecule has 0 aromatic rings. The van der Waals surface area contributed by atoms with Crippen molar-refractivity contribution in [2.24, 2.45) is 11.8 Å². The molecular weight excluding hydrogens is 126 g/mol. The Bertz CT molecular complexity index is 89.3. The van der Waals surface area contributed by atoms with Crippen LogP contribution in [0, 0.1) is 11.8 Å². The van der Waals surface area contributed by atoms with Crippen LogP contribution in [0.4, 0.5) is 0 Å². The van der Waals surface area contributed by atoms with E-state index in [2.05, 4.69) is 19.2 Å². The summed E-state index contributed by atoms with van der Waals surface area (Å²) >= 11 is 0. The Kier molecular flexibility index (Phi) is 3.16. The summed E-state index contributed by atoms with van der Waals surface area (Å²) in [6, 6.07) is 0. The molecule has 0 saturated carbocycles. The van der Waals surface area contributed by atoms with Gasteiger partial charge in [0, 0.05) is 12.5 Å². The van der Waals surface area contributed by atoms with Crippen LogP contribution in [0.1, 0.15) is 13.8 Å². The molecule has 0 bridgehead atoms. The van der Waals surface area contributed by atoms with Gasteiger partial charge in [-0.3, -0.25) is 0 Å². The Balaban J connectivity index is 1.85. The Morgan fingerprint density at radius 3 is 2.60 bits per heavy atom. The standard InChI is InChI=1S/C8H17NO/c1-7(2)3-9-4-8-5-10-6-8/h7-9H,3-6H2,1-2H3. The third kappa shape index (κ3) is 2.67. The molecule has 1 N–H and O–H groups in total. The molecule has 0 spiro atoms. The molecular formula is C8H17NO. The molecule has 1 rings (SSSR count). The molecule has 0 amide bonds. The third-order valence-corrected chi connectivity index (χ3v) is 1.69. The highest BCUT2D eigenvalue weighted by Crippen LogP contribution is 2.07. The zero-order valence-corrected chi connectivity index (χ0v) is 6.89. The first-order chi connectivity index (χ1) is 4.79. The van der Waals surface area contributed by atoms with Crippen LogP contribution < -0.4 is 5.32 Å². The number of ether oxygens (including phenoxy) is 1. The van der Waals surface area contributed by atoms with Gasteiger partial charge in [-0.1, -0.05) is 13.8 Å². The van der Waals surface area contributed by atoms with Gasteiger partial charge in [0.1, 0.15) is 0 Å². The molecule has 0 unspecified atom stereocenters. The summed E-state index contributed by atoms with van der Waals surface area (Å²) in [6.07, 6.45) is 0. The number of rotatable bonds is 4. The Labute approximate surface area is 63.0 Å². The van der Waals surface area contributed by atoms with Crippen molar-refractivity contribution in [3.8, 4) is 0 Å². The molecule has 2 nitrogen and oxygen atoms in total. The number of hydrogen-bond donors (Lipinski definition) is 1. The van der Waals surface area contributed by atoms with Crippen molar-refractivity contribution in [1.82, 2.24) is 5.32 Å². The van der Waals surface area contributed by atoms with Gasteiger partial charge in [-0.25, -0.2) is 0 Å². The second-order valence-electron chi connectivity index (χ2n) is 3.46. The molecule has 0 atom stereocenters. The lowest BCUT2D eigenvalue weighted by atomic mass is 10.1. The van der Waals surface area contributed by atoms with E-state index >= 15 is 0 Å². The predicted octanol–water partition coefficient (Wildman–Crippen LogP) is 0.878. The average molecular weight is 143 g/mol. The summed E-state index contributed by atoms with van der Waals surface area (Å²) in [5.41, 5.74) is 0. The highest BCUT2D eigenvalue weighted by molar-refractivity contribution is 4.68. The minimum Gasteiger partial charge on any atom is -0.381 e. The molecule has 1 saturated heterocycles. The van der Waals surface area contributed by atoms with Crippen LogP contribution in [0.25, 0.3) is 0 Å². The Morgan fingerprint density at radius 1 is 1.50 bits per heavy atom. The van der Waals surface area contributed by atoms with E-state index in [9.17, 15) is 0 Å². The maximum Gasteiger partial charge on any atom is 0.0528 e. The normalized spacial score (nSPS) is 19.5. The van der Waals surface area contributed by atoms with Gasteiger partial charge in [0.15, 0.2) is 0 Å². The number of nitrogens with one attached hydrogen (secondary N) is 1. The van der Waals surface area contributed by atoms with Crippen molar-refractivity contribution in [3.63, 3.8) is 0 Å². The van der Waals surface area contributed by atoms with E-state index < -0.39 is 0 Å². The lowest BCUT2D eigenvalue weighted by Crippen LogP contribution is -2.37. The van der Waals surface area contributed by atoms with Gasteiger partial charge in [0.05, 0.1) is 13.2 Å². The van der Waals surface area contributed by atoms with Crippen LogP contribution in [-0.2, 0) is 4.74 Å². The Morgan fingerprint density at radius 2 is 2.20 bits per heavy atom. The monoisotopic (exact) mass is 143 g/mol. The lowest BCUT2D eigenvalue weighted by Gasteiger charge is -2.26. The smallest absolute Gasteiger partial charge is 0.0528 e. The van der Waals surface area contributed by atoms with E-state index in [1.54, 1.807) is 0 Å². The Hall–Kier alpha value is -0.0800. The van der Waals surface area contributed by atoms with Crippen molar-refractivity contribution < 1.29 is 4.74 Å². The van der Waals surface area contributed by atoms with Crippen molar-refractivity contribution in [2.45, 2.75) is 13.8 Å². The second kappa shape index (κ2) is 3.94. The van der Waals surface area contributed by atoms with E-state index in [-0.39, 0.29) is 0 Å². The van der Waals surface area contributed by atoms with Crippen LogP contribution >= 0.6 is 0 Å². The zero-order chi connectivity index (χ0) is 7.40. The maximum atomic E-state index is 5.05. The summed E-state index contributed by atoms with van der Waals surface area (Å²) in [4.78, 5) is 0. The molecule has 10 heavy (non-hydrogen) atoms. The molecule has 0 radical (unpaired) electrons. The van der Waals surface area contributed by atoms with Crippen LogP contribution in [-0.4, -0.2) is 26.3 Å². The number of hydrogen-bond acceptors (Lipinski definition) is 2. The van der Waals surface area contributed by atoms with Crippen LogP contribution in [0.5, 0.6) is 0 Å². The van der Waals surface area contributed by atoms with E-state index in [1.165, 1.54) is 0 Å². The lowest BCUT2D eigenvalue weighted by molar-refractivity contribution is -0.0307. The van der Waals surface area contributed by atoms with Crippen molar-refractivity contribution in [2.75, 3.05) is 26.3 Å². The maximum absolute atomic E-state index is 5.05. The summed E-state index contributed by atoms with van der Waals surface area (Å²) in [6.45, 7) is 8.65. The van der Waals surface area contributed by atoms with Gasteiger partial charge in [-0.15, -0.1) is 0 Å². The van der Waals surface area contributed by atoms with Crippen molar-refractivity contribution >= 4 is 0 Å². The van der Waals surface area contributed by atoms with Gasteiger partial charge < -0.3 is 10.1 Å². The molecule has 2 heteroatoms. The van der Waals surface area contributed by atoms with E-state index in [0.717, 1.165) is 38.1 Å². The van der Waals surface area contributed by atoms with Gasteiger partial charge in [-0.05, 0) is 12.5 Å². The fourth-order valence-electron chi connectivity index (χ4n) is 0.979. The van der Waals surface area contributed by atoms with E-state index in [4.69, 9.17) is 4.74 Å². The first kappa shape index (κ1) is 8.02. The topological polar surface area (TPSA) is 21.3 Å². The summed E-state index contributed by atoms with van der Waals surface area (Å²) < 4.78 is 5.05. The van der Waals surface area contributed by atoms with Crippen molar-refractivity contribution in [3.05, 3.63) is 0 Å². The van der Waals surface area contributed by atoms with Crippen molar-refractivity contribution in [1.29, 1.82) is 0 Å². The first-order valence-corrected chi connectivity index (χ1v) is 4.07. The van der Waals surface area contributed by atoms with Gasteiger partial charge in [-0.2, -0.15) is 0 Å². The van der Waals surface area contributed by atoms with Crippen LogP contribution in [0.2, 0.25) is 0 Å². The summed E-state index contributed by atoms with van der Waals surface area (Å²) in [5, 5.41) is 3.41. The second-order valence-corrected chi connectivity index (χ2v) is 3.46. The molecule has 60 valence electrons. The van der Waals surface area contributed by atoms with Crippen LogP contribution in [0.15, 0.2) is 0 Å². The molecule has 1 heterocycles. The quantitative estimate of drug-likeness (QED) is 0.630. The SMILES string of the molecule is CC(C)CNCC1COC1. The van der Waals surface area contributed by atoms with Gasteiger partial charge in [0.2, 0.25) is 0 Å². The molecule has 0 aromatic heterocycles. The first-order valence-electron chi connectivity index (χ1n) is 4.07. The van der Waals surface area contributed by atoms with Gasteiger partial charge in [0.25, 0.3) is 0 Å². The fourth-order valence-corrected chi connectivity index (χ4v) is 0.979. The molecule has 1 aliphatic rings. The zero-order valence-electron chi connectivity index (χ0n) is 6.89. The fraction of sp³-hybridized carbons (Fsp3) is 1.00. The molecule has 1 aliphatic heterocycles. The highest BCUT2D eigenvalue weighted by Gasteiger charge is 2.16. The van der Waals surface area contributed by atoms with E-state index in [1.807, 2.05) is 0 Å². The third-order valence-electron chi connectivity index (χ3n) is 1.69. The molecule has 0 aromatic carbocycles. The summed E-state index contributed by atoms with van der Waals surface area (Å²) in [5.74, 6) is 1.56. The van der Waals surface area contributed by atoms with Gasteiger partial charge >= 0.3 is 0 Å².